The van der Waals surface area contributed by atoms with Gasteiger partial charge >= 0.3 is 0 Å². The summed E-state index contributed by atoms with van der Waals surface area (Å²) in [5.41, 5.74) is 2.22. The van der Waals surface area contributed by atoms with E-state index in [1.807, 2.05) is 24.3 Å². The van der Waals surface area contributed by atoms with E-state index in [9.17, 15) is 0 Å². The van der Waals surface area contributed by atoms with Gasteiger partial charge in [-0.25, -0.2) is 9.98 Å². The fourth-order valence-corrected chi connectivity index (χ4v) is 4.03. The second-order valence-corrected chi connectivity index (χ2v) is 7.34. The maximum absolute atomic E-state index is 5.40. The normalized spacial score (nSPS) is 14.4. The van der Waals surface area contributed by atoms with E-state index < -0.39 is 0 Å². The molecule has 27 heavy (non-hydrogen) atoms. The number of aromatic nitrogens is 1. The molecule has 6 nitrogen and oxygen atoms in total. The minimum atomic E-state index is 0.579. The monoisotopic (exact) mass is 387 g/mol. The van der Waals surface area contributed by atoms with E-state index in [4.69, 9.17) is 9.72 Å². The van der Waals surface area contributed by atoms with Gasteiger partial charge in [0.2, 0.25) is 0 Å². The molecule has 1 aliphatic rings. The Morgan fingerprint density at radius 3 is 2.85 bits per heavy atom. The van der Waals surface area contributed by atoms with Crippen molar-refractivity contribution in [2.75, 3.05) is 38.2 Å². The van der Waals surface area contributed by atoms with Crippen LogP contribution in [0.5, 0.6) is 5.75 Å². The highest BCUT2D eigenvalue weighted by Crippen LogP contribution is 2.24. The molecule has 0 saturated carbocycles. The van der Waals surface area contributed by atoms with Gasteiger partial charge in [-0.1, -0.05) is 18.2 Å². The standard InChI is InChI=1S/C20H29N5OS/c1-3-21-19(23-14-16-8-4-5-9-18(16)26-2)22-11-10-17-15-27-20(24-17)25-12-6-7-13-25/h4-5,8-9,15H,3,6-7,10-14H2,1-2H3,(H2,21,22,23). The first-order valence-electron chi connectivity index (χ1n) is 9.63. The van der Waals surface area contributed by atoms with Gasteiger partial charge in [0.15, 0.2) is 11.1 Å². The summed E-state index contributed by atoms with van der Waals surface area (Å²) in [6.45, 7) is 6.57. The third kappa shape index (κ3) is 5.60. The summed E-state index contributed by atoms with van der Waals surface area (Å²) in [6, 6.07) is 7.99. The van der Waals surface area contributed by atoms with Crippen molar-refractivity contribution >= 4 is 22.4 Å². The summed E-state index contributed by atoms with van der Waals surface area (Å²) >= 11 is 1.75. The molecule has 0 spiro atoms. The lowest BCUT2D eigenvalue weighted by Crippen LogP contribution is -2.38. The molecule has 0 aliphatic carbocycles. The van der Waals surface area contributed by atoms with Crippen LogP contribution in [0, 0.1) is 0 Å². The van der Waals surface area contributed by atoms with E-state index in [0.717, 1.165) is 55.6 Å². The van der Waals surface area contributed by atoms with E-state index in [-0.39, 0.29) is 0 Å². The molecular formula is C20H29N5OS. The van der Waals surface area contributed by atoms with Crippen LogP contribution >= 0.6 is 11.3 Å². The quantitative estimate of drug-likeness (QED) is 0.538. The van der Waals surface area contributed by atoms with Gasteiger partial charge in [0.25, 0.3) is 0 Å². The van der Waals surface area contributed by atoms with Gasteiger partial charge in [-0.05, 0) is 25.8 Å². The first-order valence-corrected chi connectivity index (χ1v) is 10.5. The van der Waals surface area contributed by atoms with E-state index >= 15 is 0 Å². The Hall–Kier alpha value is -2.28. The van der Waals surface area contributed by atoms with Crippen LogP contribution in [-0.2, 0) is 13.0 Å². The molecule has 7 heteroatoms. The van der Waals surface area contributed by atoms with Crippen molar-refractivity contribution in [3.05, 3.63) is 40.9 Å². The van der Waals surface area contributed by atoms with Crippen LogP contribution in [0.3, 0.4) is 0 Å². The van der Waals surface area contributed by atoms with Crippen LogP contribution in [0.4, 0.5) is 5.13 Å². The van der Waals surface area contributed by atoms with Crippen molar-refractivity contribution in [2.45, 2.75) is 32.7 Å². The Morgan fingerprint density at radius 2 is 2.07 bits per heavy atom. The van der Waals surface area contributed by atoms with Crippen molar-refractivity contribution in [3.8, 4) is 5.75 Å². The van der Waals surface area contributed by atoms with Gasteiger partial charge in [-0.3, -0.25) is 0 Å². The number of thiazole rings is 1. The molecule has 0 atom stereocenters. The average molecular weight is 388 g/mol. The van der Waals surface area contributed by atoms with Crippen molar-refractivity contribution < 1.29 is 4.74 Å². The summed E-state index contributed by atoms with van der Waals surface area (Å²) in [7, 11) is 1.69. The number of para-hydroxylation sites is 1. The van der Waals surface area contributed by atoms with Gasteiger partial charge in [-0.15, -0.1) is 11.3 Å². The SMILES string of the molecule is CCNC(=NCc1ccccc1OC)NCCc1csc(N2CCCC2)n1. The predicted octanol–water partition coefficient (Wildman–Crippen LogP) is 3.05. The van der Waals surface area contributed by atoms with Crippen molar-refractivity contribution in [1.29, 1.82) is 0 Å². The minimum Gasteiger partial charge on any atom is -0.496 e. The lowest BCUT2D eigenvalue weighted by Gasteiger charge is -2.13. The molecule has 0 radical (unpaired) electrons. The van der Waals surface area contributed by atoms with Crippen LogP contribution in [0.15, 0.2) is 34.6 Å². The highest BCUT2D eigenvalue weighted by molar-refractivity contribution is 7.13. The number of nitrogens with zero attached hydrogens (tertiary/aromatic N) is 3. The molecule has 2 heterocycles. The van der Waals surface area contributed by atoms with Gasteiger partial charge in [0.1, 0.15) is 5.75 Å². The molecule has 3 rings (SSSR count). The topological polar surface area (TPSA) is 61.8 Å². The van der Waals surface area contributed by atoms with Crippen LogP contribution in [0.25, 0.3) is 0 Å². The lowest BCUT2D eigenvalue weighted by molar-refractivity contribution is 0.410. The molecule has 1 aromatic heterocycles. The van der Waals surface area contributed by atoms with Crippen molar-refractivity contribution in [2.24, 2.45) is 4.99 Å². The van der Waals surface area contributed by atoms with Gasteiger partial charge in [-0.2, -0.15) is 0 Å². The predicted molar refractivity (Wildman–Crippen MR) is 113 cm³/mol. The van der Waals surface area contributed by atoms with Gasteiger partial charge in [0.05, 0.1) is 19.3 Å². The summed E-state index contributed by atoms with van der Waals surface area (Å²) < 4.78 is 5.40. The average Bonchev–Trinajstić information content (AvgIpc) is 3.38. The van der Waals surface area contributed by atoms with E-state index in [0.29, 0.717) is 6.54 Å². The lowest BCUT2D eigenvalue weighted by atomic mass is 10.2. The Bertz CT molecular complexity index is 739. The molecule has 146 valence electrons. The van der Waals surface area contributed by atoms with Crippen molar-refractivity contribution in [3.63, 3.8) is 0 Å². The highest BCUT2D eigenvalue weighted by atomic mass is 32.1. The number of anilines is 1. The molecule has 2 aromatic rings. The summed E-state index contributed by atoms with van der Waals surface area (Å²) in [6.07, 6.45) is 3.46. The number of guanidine groups is 1. The maximum Gasteiger partial charge on any atom is 0.191 e. The first-order chi connectivity index (χ1) is 13.3. The highest BCUT2D eigenvalue weighted by Gasteiger charge is 2.15. The zero-order chi connectivity index (χ0) is 18.9. The van der Waals surface area contributed by atoms with Gasteiger partial charge in [0, 0.05) is 43.5 Å². The number of ether oxygens (including phenoxy) is 1. The second kappa shape index (κ2) is 10.2. The number of benzene rings is 1. The number of hydrogen-bond acceptors (Lipinski definition) is 5. The number of methoxy groups -OCH3 is 1. The molecule has 2 N–H and O–H groups in total. The van der Waals surface area contributed by atoms with Crippen LogP contribution in [0.1, 0.15) is 31.0 Å². The van der Waals surface area contributed by atoms with Crippen molar-refractivity contribution in [1.82, 2.24) is 15.6 Å². The zero-order valence-electron chi connectivity index (χ0n) is 16.2. The molecule has 0 bridgehead atoms. The Morgan fingerprint density at radius 1 is 1.26 bits per heavy atom. The number of nitrogens with one attached hydrogen (secondary N) is 2. The molecule has 1 fully saturated rings. The smallest absolute Gasteiger partial charge is 0.191 e. The Kier molecular flexibility index (Phi) is 7.33. The Balaban J connectivity index is 1.52. The zero-order valence-corrected chi connectivity index (χ0v) is 17.0. The van der Waals surface area contributed by atoms with E-state index in [1.54, 1.807) is 18.4 Å². The summed E-state index contributed by atoms with van der Waals surface area (Å²) in [5.74, 6) is 1.69. The maximum atomic E-state index is 5.40. The fraction of sp³-hybridized carbons (Fsp3) is 0.500. The number of hydrogen-bond donors (Lipinski definition) is 2. The first kappa shape index (κ1) is 19.5. The third-order valence-corrected chi connectivity index (χ3v) is 5.48. The summed E-state index contributed by atoms with van der Waals surface area (Å²) in [4.78, 5) is 11.8. The molecule has 0 unspecified atom stereocenters. The Labute approximate surface area is 165 Å². The fourth-order valence-electron chi connectivity index (χ4n) is 3.11. The summed E-state index contributed by atoms with van der Waals surface area (Å²) in [5, 5.41) is 10.0. The molecule has 0 amide bonds. The van der Waals surface area contributed by atoms with Gasteiger partial charge < -0.3 is 20.3 Å². The van der Waals surface area contributed by atoms with E-state index in [1.165, 1.54) is 18.0 Å². The molecular weight excluding hydrogens is 358 g/mol. The second-order valence-electron chi connectivity index (χ2n) is 6.50. The van der Waals surface area contributed by atoms with E-state index in [2.05, 4.69) is 32.8 Å². The third-order valence-electron chi connectivity index (χ3n) is 4.53. The van der Waals surface area contributed by atoms with Crippen LogP contribution < -0.4 is 20.3 Å². The molecule has 1 aliphatic heterocycles. The van der Waals surface area contributed by atoms with Crippen LogP contribution in [0.2, 0.25) is 0 Å². The minimum absolute atomic E-state index is 0.579. The molecule has 1 aromatic carbocycles. The van der Waals surface area contributed by atoms with Crippen LogP contribution in [-0.4, -0.2) is 44.2 Å². The largest absolute Gasteiger partial charge is 0.496 e. The number of rotatable bonds is 8. The number of aliphatic imine (C=N–C) groups is 1. The molecule has 1 saturated heterocycles.